The zero-order chi connectivity index (χ0) is 19.8. The van der Waals surface area contributed by atoms with Gasteiger partial charge in [0, 0.05) is 6.07 Å². The van der Waals surface area contributed by atoms with E-state index in [1.165, 1.54) is 12.1 Å². The average Bonchev–Trinajstić information content (AvgIpc) is 2.82. The second-order valence-electron chi connectivity index (χ2n) is 7.22. The Bertz CT molecular complexity index is 829. The molecule has 144 valence electrons. The number of nitro benzene ring substituents is 1. The molecule has 2 N–H and O–H groups in total. The van der Waals surface area contributed by atoms with E-state index in [-0.39, 0.29) is 11.4 Å². The van der Waals surface area contributed by atoms with Crippen LogP contribution in [0.25, 0.3) is 0 Å². The van der Waals surface area contributed by atoms with Gasteiger partial charge in [0.2, 0.25) is 5.91 Å². The number of hydrogen-bond donors (Lipinski definition) is 2. The summed E-state index contributed by atoms with van der Waals surface area (Å²) in [5, 5.41) is 16.4. The molecule has 2 aliphatic rings. The van der Waals surface area contributed by atoms with Gasteiger partial charge in [0.15, 0.2) is 0 Å². The maximum Gasteiger partial charge on any atom is 0.325 e. The molecule has 1 aromatic carbocycles. The Morgan fingerprint density at radius 3 is 2.48 bits per heavy atom. The first-order chi connectivity index (χ1) is 12.7. The third-order valence-electron chi connectivity index (χ3n) is 5.34. The standard InChI is InChI=1S/C18H22N4O5/c1-11-8-13(14(22(26)27)9-12(11)2)19-15(23)10-21-16(24)18(20-17(21)25)6-4-3-5-7-18/h8-9H,3-7,10H2,1-2H3,(H,19,23)(H,20,25). The smallest absolute Gasteiger partial charge is 0.323 e. The lowest BCUT2D eigenvalue weighted by Crippen LogP contribution is -2.48. The molecule has 9 nitrogen and oxygen atoms in total. The maximum absolute atomic E-state index is 12.7. The molecular weight excluding hydrogens is 352 g/mol. The van der Waals surface area contributed by atoms with Gasteiger partial charge in [-0.2, -0.15) is 0 Å². The van der Waals surface area contributed by atoms with Crippen LogP contribution in [0.5, 0.6) is 0 Å². The second kappa shape index (κ2) is 6.98. The molecule has 1 saturated carbocycles. The number of amides is 4. The topological polar surface area (TPSA) is 122 Å². The van der Waals surface area contributed by atoms with Crippen LogP contribution >= 0.6 is 0 Å². The fourth-order valence-corrected chi connectivity index (χ4v) is 3.70. The molecule has 0 atom stereocenters. The molecule has 0 radical (unpaired) electrons. The number of nitrogens with one attached hydrogen (secondary N) is 2. The molecule has 9 heteroatoms. The minimum absolute atomic E-state index is 0.0486. The number of imide groups is 1. The van der Waals surface area contributed by atoms with E-state index in [0.717, 1.165) is 35.3 Å². The third-order valence-corrected chi connectivity index (χ3v) is 5.34. The lowest BCUT2D eigenvalue weighted by Gasteiger charge is -2.30. The number of nitro groups is 1. The van der Waals surface area contributed by atoms with Gasteiger partial charge in [-0.15, -0.1) is 0 Å². The highest BCUT2D eigenvalue weighted by molar-refractivity contribution is 6.10. The van der Waals surface area contributed by atoms with Crippen LogP contribution in [-0.4, -0.2) is 39.8 Å². The highest BCUT2D eigenvalue weighted by Gasteiger charge is 2.51. The van der Waals surface area contributed by atoms with Crippen molar-refractivity contribution in [3.63, 3.8) is 0 Å². The van der Waals surface area contributed by atoms with Crippen molar-refractivity contribution in [2.45, 2.75) is 51.5 Å². The van der Waals surface area contributed by atoms with Crippen LogP contribution in [0.2, 0.25) is 0 Å². The van der Waals surface area contributed by atoms with Crippen molar-refractivity contribution in [1.82, 2.24) is 10.2 Å². The number of anilines is 1. The van der Waals surface area contributed by atoms with Gasteiger partial charge in [-0.25, -0.2) is 4.79 Å². The van der Waals surface area contributed by atoms with E-state index >= 15 is 0 Å². The first-order valence-corrected chi connectivity index (χ1v) is 8.93. The summed E-state index contributed by atoms with van der Waals surface area (Å²) in [5.41, 5.74) is 0.433. The van der Waals surface area contributed by atoms with Gasteiger partial charge in [-0.1, -0.05) is 19.3 Å². The fraction of sp³-hybridized carbons (Fsp3) is 0.500. The van der Waals surface area contributed by atoms with Crippen molar-refractivity contribution in [2.24, 2.45) is 0 Å². The lowest BCUT2D eigenvalue weighted by atomic mass is 9.82. The third kappa shape index (κ3) is 3.49. The molecule has 27 heavy (non-hydrogen) atoms. The summed E-state index contributed by atoms with van der Waals surface area (Å²) >= 11 is 0. The molecule has 1 aromatic rings. The highest BCUT2D eigenvalue weighted by Crippen LogP contribution is 2.34. The van der Waals surface area contributed by atoms with E-state index in [1.54, 1.807) is 13.8 Å². The van der Waals surface area contributed by atoms with Gasteiger partial charge in [-0.3, -0.25) is 24.6 Å². The van der Waals surface area contributed by atoms with E-state index in [9.17, 15) is 24.5 Å². The van der Waals surface area contributed by atoms with Crippen molar-refractivity contribution in [3.8, 4) is 0 Å². The molecule has 1 spiro atoms. The number of urea groups is 1. The molecule has 1 heterocycles. The monoisotopic (exact) mass is 374 g/mol. The van der Waals surface area contributed by atoms with E-state index < -0.39 is 34.9 Å². The number of carbonyl (C=O) groups excluding carboxylic acids is 3. The normalized spacial score (nSPS) is 18.5. The molecule has 0 bridgehead atoms. The predicted molar refractivity (Wildman–Crippen MR) is 97.3 cm³/mol. The van der Waals surface area contributed by atoms with Crippen molar-refractivity contribution < 1.29 is 19.3 Å². The zero-order valence-corrected chi connectivity index (χ0v) is 15.3. The first kappa shape index (κ1) is 18.8. The molecule has 3 rings (SSSR count). The first-order valence-electron chi connectivity index (χ1n) is 8.93. The van der Waals surface area contributed by atoms with Crippen LogP contribution in [0.1, 0.15) is 43.2 Å². The van der Waals surface area contributed by atoms with Crippen molar-refractivity contribution in [2.75, 3.05) is 11.9 Å². The summed E-state index contributed by atoms with van der Waals surface area (Å²) in [6.45, 7) is 3.04. The van der Waals surface area contributed by atoms with Gasteiger partial charge in [-0.05, 0) is 43.9 Å². The van der Waals surface area contributed by atoms with Crippen molar-refractivity contribution in [1.29, 1.82) is 0 Å². The minimum Gasteiger partial charge on any atom is -0.323 e. The number of aryl methyl sites for hydroxylation is 2. The maximum atomic E-state index is 12.7. The number of hydrogen-bond acceptors (Lipinski definition) is 5. The Balaban J connectivity index is 1.75. The lowest BCUT2D eigenvalue weighted by molar-refractivity contribution is -0.384. The summed E-state index contributed by atoms with van der Waals surface area (Å²) in [7, 11) is 0. The summed E-state index contributed by atoms with van der Waals surface area (Å²) in [4.78, 5) is 48.9. The van der Waals surface area contributed by atoms with E-state index in [0.29, 0.717) is 12.8 Å². The van der Waals surface area contributed by atoms with Gasteiger partial charge < -0.3 is 10.6 Å². The highest BCUT2D eigenvalue weighted by atomic mass is 16.6. The molecule has 1 saturated heterocycles. The summed E-state index contributed by atoms with van der Waals surface area (Å²) < 4.78 is 0. The quantitative estimate of drug-likeness (QED) is 0.476. The number of rotatable bonds is 4. The van der Waals surface area contributed by atoms with Crippen LogP contribution in [-0.2, 0) is 9.59 Å². The van der Waals surface area contributed by atoms with Crippen LogP contribution in [0, 0.1) is 24.0 Å². The van der Waals surface area contributed by atoms with Crippen LogP contribution in [0.15, 0.2) is 12.1 Å². The Hall–Kier alpha value is -2.97. The van der Waals surface area contributed by atoms with E-state index in [2.05, 4.69) is 10.6 Å². The summed E-state index contributed by atoms with van der Waals surface area (Å²) in [5.74, 6) is -1.05. The number of carbonyl (C=O) groups is 3. The van der Waals surface area contributed by atoms with Gasteiger partial charge >= 0.3 is 6.03 Å². The SMILES string of the molecule is Cc1cc(NC(=O)CN2C(=O)NC3(CCCCC3)C2=O)c([N+](=O)[O-])cc1C. The van der Waals surface area contributed by atoms with Crippen LogP contribution in [0.4, 0.5) is 16.2 Å². The molecule has 0 aromatic heterocycles. The Kier molecular flexibility index (Phi) is 4.86. The Morgan fingerprint density at radius 1 is 1.22 bits per heavy atom. The molecule has 1 aliphatic heterocycles. The Labute approximate surface area is 156 Å². The van der Waals surface area contributed by atoms with E-state index in [4.69, 9.17) is 0 Å². The van der Waals surface area contributed by atoms with Gasteiger partial charge in [0.25, 0.3) is 11.6 Å². The predicted octanol–water partition coefficient (Wildman–Crippen LogP) is 2.40. The molecule has 0 unspecified atom stereocenters. The molecule has 4 amide bonds. The number of nitrogens with zero attached hydrogens (tertiary/aromatic N) is 2. The molecule has 2 fully saturated rings. The molecule has 1 aliphatic carbocycles. The number of benzene rings is 1. The van der Waals surface area contributed by atoms with Crippen molar-refractivity contribution >= 4 is 29.2 Å². The van der Waals surface area contributed by atoms with Crippen LogP contribution in [0.3, 0.4) is 0 Å². The van der Waals surface area contributed by atoms with Gasteiger partial charge in [0.1, 0.15) is 17.8 Å². The fourth-order valence-electron chi connectivity index (χ4n) is 3.70. The largest absolute Gasteiger partial charge is 0.325 e. The summed E-state index contributed by atoms with van der Waals surface area (Å²) in [6.07, 6.45) is 3.85. The Morgan fingerprint density at radius 2 is 1.85 bits per heavy atom. The minimum atomic E-state index is -0.901. The summed E-state index contributed by atoms with van der Waals surface area (Å²) in [6, 6.07) is 2.31. The average molecular weight is 374 g/mol. The zero-order valence-electron chi connectivity index (χ0n) is 15.3. The molecular formula is C18H22N4O5. The van der Waals surface area contributed by atoms with Gasteiger partial charge in [0.05, 0.1) is 4.92 Å². The second-order valence-corrected chi connectivity index (χ2v) is 7.22. The van der Waals surface area contributed by atoms with Crippen molar-refractivity contribution in [3.05, 3.63) is 33.4 Å². The van der Waals surface area contributed by atoms with Crippen LogP contribution < -0.4 is 10.6 Å². The van der Waals surface area contributed by atoms with E-state index in [1.807, 2.05) is 0 Å².